The maximum absolute atomic E-state index is 13.4. The Morgan fingerprint density at radius 2 is 1.23 bits per heavy atom. The van der Waals surface area contributed by atoms with Crippen LogP contribution in [0, 0.1) is 0 Å². The molecule has 0 aliphatic heterocycles. The van der Waals surface area contributed by atoms with Gasteiger partial charge in [0.1, 0.15) is 24.7 Å². The maximum Gasteiger partial charge on any atom is 0.182 e. The van der Waals surface area contributed by atoms with Crippen LogP contribution in [0.3, 0.4) is 0 Å². The summed E-state index contributed by atoms with van der Waals surface area (Å²) in [7, 11) is 0.322. The van der Waals surface area contributed by atoms with E-state index in [1.165, 1.54) is 25.7 Å². The first-order chi connectivity index (χ1) is 14.8. The standard InChI is InChI=1S/C26H27O3P.Li/c27-26(30-24-16-7-8-17-24)25-20(18-28-22-12-3-1-4-13-22)10-9-11-21(25)19-29-23-14-5-2-6-15-23;/h1-6,9-15,24,30H,7-8,16-19H2;. The average Bonchev–Trinajstić information content (AvgIpc) is 3.30. The Balaban J connectivity index is 0.00000272. The van der Waals surface area contributed by atoms with Crippen LogP contribution >= 0.6 is 8.58 Å². The van der Waals surface area contributed by atoms with Crippen LogP contribution in [0.25, 0.3) is 0 Å². The summed E-state index contributed by atoms with van der Waals surface area (Å²) in [6, 6.07) is 25.5. The molecule has 155 valence electrons. The number of carbonyl (C=O) groups is 1. The van der Waals surface area contributed by atoms with Crippen LogP contribution in [-0.4, -0.2) is 30.0 Å². The fraction of sp³-hybridized carbons (Fsp3) is 0.269. The van der Waals surface area contributed by atoms with Crippen molar-refractivity contribution in [3.05, 3.63) is 95.6 Å². The first kappa shape index (κ1) is 23.6. The molecule has 1 fully saturated rings. The van der Waals surface area contributed by atoms with Crippen molar-refractivity contribution in [1.29, 1.82) is 0 Å². The molecule has 3 aromatic carbocycles. The molecule has 31 heavy (non-hydrogen) atoms. The minimum absolute atomic E-state index is 0. The van der Waals surface area contributed by atoms with Crippen LogP contribution in [-0.2, 0) is 13.2 Å². The predicted molar refractivity (Wildman–Crippen MR) is 129 cm³/mol. The molecule has 0 amide bonds. The van der Waals surface area contributed by atoms with E-state index in [-0.39, 0.29) is 24.4 Å². The van der Waals surface area contributed by atoms with Crippen LogP contribution in [0.15, 0.2) is 78.9 Å². The van der Waals surface area contributed by atoms with Gasteiger partial charge in [-0.15, -0.1) is 0 Å². The van der Waals surface area contributed by atoms with Crippen molar-refractivity contribution >= 4 is 33.0 Å². The zero-order chi connectivity index (χ0) is 20.6. The SMILES string of the molecule is O=C(PC1CCCC1)c1c(COc2ccccc2)cccc1COc1ccccc1.[Li]. The van der Waals surface area contributed by atoms with Gasteiger partial charge in [-0.2, -0.15) is 0 Å². The molecule has 0 aromatic heterocycles. The van der Waals surface area contributed by atoms with E-state index in [9.17, 15) is 4.79 Å². The molecule has 0 spiro atoms. The van der Waals surface area contributed by atoms with Gasteiger partial charge in [-0.3, -0.25) is 4.79 Å². The zero-order valence-electron chi connectivity index (χ0n) is 18.1. The van der Waals surface area contributed by atoms with E-state index in [4.69, 9.17) is 9.47 Å². The van der Waals surface area contributed by atoms with Gasteiger partial charge in [-0.1, -0.05) is 67.4 Å². The first-order valence-electron chi connectivity index (χ1n) is 10.6. The number of ether oxygens (including phenoxy) is 2. The number of hydrogen-bond donors (Lipinski definition) is 0. The second-order valence-electron chi connectivity index (χ2n) is 7.61. The van der Waals surface area contributed by atoms with Crippen molar-refractivity contribution < 1.29 is 14.3 Å². The summed E-state index contributed by atoms with van der Waals surface area (Å²) in [5.41, 5.74) is 3.42. The number of benzene rings is 3. The number of carbonyl (C=O) groups excluding carboxylic acids is 1. The van der Waals surface area contributed by atoms with Crippen LogP contribution < -0.4 is 9.47 Å². The van der Waals surface area contributed by atoms with Crippen molar-refractivity contribution in [3.63, 3.8) is 0 Å². The second-order valence-corrected chi connectivity index (χ2v) is 9.17. The Bertz CT molecular complexity index is 895. The summed E-state index contributed by atoms with van der Waals surface area (Å²) in [6.07, 6.45) is 4.83. The summed E-state index contributed by atoms with van der Waals surface area (Å²) >= 11 is 0. The molecule has 5 heteroatoms. The molecule has 0 bridgehead atoms. The topological polar surface area (TPSA) is 35.5 Å². The Labute approximate surface area is 198 Å². The Hall–Kier alpha value is -2.04. The van der Waals surface area contributed by atoms with E-state index < -0.39 is 0 Å². The largest absolute Gasteiger partial charge is 0.489 e. The van der Waals surface area contributed by atoms with Crippen molar-refractivity contribution in [2.45, 2.75) is 44.6 Å². The first-order valence-corrected chi connectivity index (χ1v) is 11.6. The van der Waals surface area contributed by atoms with Crippen molar-refractivity contribution in [3.8, 4) is 11.5 Å². The van der Waals surface area contributed by atoms with Crippen LogP contribution in [0.5, 0.6) is 11.5 Å². The predicted octanol–water partition coefficient (Wildman–Crippen LogP) is 6.23. The third-order valence-electron chi connectivity index (χ3n) is 5.43. The normalized spacial score (nSPS) is 13.8. The Kier molecular flexibility index (Phi) is 9.23. The van der Waals surface area contributed by atoms with Gasteiger partial charge in [0.25, 0.3) is 0 Å². The number of hydrogen-bond acceptors (Lipinski definition) is 3. The van der Waals surface area contributed by atoms with E-state index in [1.54, 1.807) is 0 Å². The van der Waals surface area contributed by atoms with Gasteiger partial charge < -0.3 is 9.47 Å². The van der Waals surface area contributed by atoms with E-state index in [1.807, 2.05) is 78.9 Å². The number of rotatable bonds is 9. The van der Waals surface area contributed by atoms with Gasteiger partial charge in [0, 0.05) is 35.6 Å². The third kappa shape index (κ3) is 6.72. The Morgan fingerprint density at radius 3 is 1.71 bits per heavy atom. The van der Waals surface area contributed by atoms with Crippen LogP contribution in [0.2, 0.25) is 0 Å². The molecule has 0 N–H and O–H groups in total. The minimum Gasteiger partial charge on any atom is -0.489 e. The van der Waals surface area contributed by atoms with Crippen molar-refractivity contribution in [2.75, 3.05) is 0 Å². The molecular formula is C26H27LiO3P. The summed E-state index contributed by atoms with van der Waals surface area (Å²) in [5.74, 6) is 1.61. The molecule has 0 saturated heterocycles. The monoisotopic (exact) mass is 425 g/mol. The zero-order valence-corrected chi connectivity index (χ0v) is 19.1. The van der Waals surface area contributed by atoms with Gasteiger partial charge in [0.05, 0.1) is 0 Å². The molecule has 1 atom stereocenters. The molecule has 1 unspecified atom stereocenters. The summed E-state index contributed by atoms with van der Waals surface area (Å²) < 4.78 is 12.0. The number of para-hydroxylation sites is 2. The molecule has 1 saturated carbocycles. The summed E-state index contributed by atoms with van der Waals surface area (Å²) in [4.78, 5) is 13.4. The van der Waals surface area contributed by atoms with Gasteiger partial charge in [-0.05, 0) is 51.3 Å². The van der Waals surface area contributed by atoms with Gasteiger partial charge in [0.2, 0.25) is 0 Å². The Morgan fingerprint density at radius 1 is 0.742 bits per heavy atom. The van der Waals surface area contributed by atoms with E-state index in [2.05, 4.69) is 0 Å². The molecule has 4 rings (SSSR count). The van der Waals surface area contributed by atoms with E-state index >= 15 is 0 Å². The molecule has 3 nitrogen and oxygen atoms in total. The fourth-order valence-corrected chi connectivity index (χ4v) is 5.40. The van der Waals surface area contributed by atoms with Gasteiger partial charge >= 0.3 is 0 Å². The third-order valence-corrected chi connectivity index (χ3v) is 6.93. The van der Waals surface area contributed by atoms with E-state index in [0.717, 1.165) is 28.2 Å². The molecule has 0 heterocycles. The molecular weight excluding hydrogens is 398 g/mol. The quantitative estimate of drug-likeness (QED) is 0.301. The van der Waals surface area contributed by atoms with Crippen molar-refractivity contribution in [1.82, 2.24) is 0 Å². The van der Waals surface area contributed by atoms with Gasteiger partial charge in [-0.25, -0.2) is 0 Å². The molecule has 3 aromatic rings. The molecule has 1 aliphatic rings. The second kappa shape index (κ2) is 12.1. The fourth-order valence-electron chi connectivity index (χ4n) is 3.87. The summed E-state index contributed by atoms with van der Waals surface area (Å²) in [6.45, 7) is 0.749. The van der Waals surface area contributed by atoms with Crippen LogP contribution in [0.4, 0.5) is 0 Å². The average molecular weight is 425 g/mol. The van der Waals surface area contributed by atoms with Crippen LogP contribution in [0.1, 0.15) is 47.2 Å². The van der Waals surface area contributed by atoms with E-state index in [0.29, 0.717) is 27.5 Å². The molecule has 1 radical (unpaired) electrons. The van der Waals surface area contributed by atoms with Gasteiger partial charge in [0.15, 0.2) is 5.52 Å². The summed E-state index contributed by atoms with van der Waals surface area (Å²) in [5, 5.41) is 0. The maximum atomic E-state index is 13.4. The molecule has 1 aliphatic carbocycles. The van der Waals surface area contributed by atoms with Crippen molar-refractivity contribution in [2.24, 2.45) is 0 Å². The minimum atomic E-state index is 0. The smallest absolute Gasteiger partial charge is 0.182 e.